The van der Waals surface area contributed by atoms with Crippen molar-refractivity contribution in [3.63, 3.8) is 0 Å². The summed E-state index contributed by atoms with van der Waals surface area (Å²) in [5.74, 6) is -0.951. The van der Waals surface area contributed by atoms with Crippen LogP contribution in [0.25, 0.3) is 10.2 Å². The topological polar surface area (TPSA) is 79.3 Å². The molecule has 2 aromatic rings. The summed E-state index contributed by atoms with van der Waals surface area (Å²) in [4.78, 5) is 27.6. The molecule has 1 aromatic carbocycles. The highest BCUT2D eigenvalue weighted by molar-refractivity contribution is 9.10. The molecule has 2 N–H and O–H groups in total. The Balaban J connectivity index is 1.58. The van der Waals surface area contributed by atoms with E-state index in [0.717, 1.165) is 39.0 Å². The molecule has 1 fully saturated rings. The molecule has 5 nitrogen and oxygen atoms in total. The Kier molecular flexibility index (Phi) is 4.68. The fourth-order valence-corrected chi connectivity index (χ4v) is 4.17. The summed E-state index contributed by atoms with van der Waals surface area (Å²) in [6.45, 7) is 0. The number of fused-ring (bicyclic) bond motifs is 1. The molecular formula is C16H17BrN2O3S. The summed E-state index contributed by atoms with van der Waals surface area (Å²) in [5.41, 5.74) is 0.405. The van der Waals surface area contributed by atoms with E-state index in [0.29, 0.717) is 12.8 Å². The maximum absolute atomic E-state index is 12.1. The van der Waals surface area contributed by atoms with Gasteiger partial charge in [-0.3, -0.25) is 9.59 Å². The number of thiazole rings is 1. The van der Waals surface area contributed by atoms with Gasteiger partial charge in [-0.05, 0) is 37.5 Å². The fourth-order valence-electron chi connectivity index (χ4n) is 2.87. The van der Waals surface area contributed by atoms with Crippen molar-refractivity contribution in [1.29, 1.82) is 0 Å². The van der Waals surface area contributed by atoms with E-state index in [1.165, 1.54) is 0 Å². The predicted molar refractivity (Wildman–Crippen MR) is 92.6 cm³/mol. The molecule has 0 spiro atoms. The highest BCUT2D eigenvalue weighted by atomic mass is 79.9. The fraction of sp³-hybridized carbons (Fsp3) is 0.438. The van der Waals surface area contributed by atoms with E-state index in [9.17, 15) is 9.59 Å². The first-order valence-corrected chi connectivity index (χ1v) is 9.15. The highest BCUT2D eigenvalue weighted by Gasteiger charge is 2.40. The SMILES string of the molecule is O=C(O)CC1(NC(=O)CCc2nc3cc(Br)ccc3s2)CCC1. The van der Waals surface area contributed by atoms with Crippen molar-refractivity contribution in [3.05, 3.63) is 27.7 Å². The van der Waals surface area contributed by atoms with E-state index < -0.39 is 11.5 Å². The molecular weight excluding hydrogens is 380 g/mol. The molecule has 1 amide bonds. The summed E-state index contributed by atoms with van der Waals surface area (Å²) in [6, 6.07) is 5.95. The molecule has 0 atom stereocenters. The van der Waals surface area contributed by atoms with Gasteiger partial charge in [0.2, 0.25) is 5.91 Å². The number of aryl methyl sites for hydroxylation is 1. The molecule has 1 aromatic heterocycles. The van der Waals surface area contributed by atoms with Crippen LogP contribution in [0.2, 0.25) is 0 Å². The number of nitrogens with zero attached hydrogens (tertiary/aromatic N) is 1. The zero-order chi connectivity index (χ0) is 16.4. The molecule has 7 heteroatoms. The van der Waals surface area contributed by atoms with Crippen molar-refractivity contribution in [3.8, 4) is 0 Å². The maximum Gasteiger partial charge on any atom is 0.305 e. The number of carboxylic acid groups (broad SMARTS) is 1. The standard InChI is InChI=1S/C16H17BrN2O3S/c17-10-2-3-12-11(8-10)18-14(23-12)5-4-13(20)19-16(6-1-7-16)9-15(21)22/h2-3,8H,1,4-7,9H2,(H,19,20)(H,21,22). The lowest BCUT2D eigenvalue weighted by molar-refractivity contribution is -0.140. The van der Waals surface area contributed by atoms with Crippen LogP contribution in [0.1, 0.15) is 37.1 Å². The normalized spacial score (nSPS) is 16.0. The van der Waals surface area contributed by atoms with Crippen molar-refractivity contribution in [2.45, 2.75) is 44.1 Å². The number of benzene rings is 1. The number of hydrogen-bond acceptors (Lipinski definition) is 4. The average molecular weight is 397 g/mol. The van der Waals surface area contributed by atoms with Gasteiger partial charge in [-0.1, -0.05) is 15.9 Å². The first-order valence-electron chi connectivity index (χ1n) is 7.54. The van der Waals surface area contributed by atoms with Crippen LogP contribution in [-0.2, 0) is 16.0 Å². The monoisotopic (exact) mass is 396 g/mol. The Bertz CT molecular complexity index is 755. The molecule has 23 heavy (non-hydrogen) atoms. The van der Waals surface area contributed by atoms with Crippen molar-refractivity contribution in [1.82, 2.24) is 10.3 Å². The molecule has 1 aliphatic carbocycles. The van der Waals surface area contributed by atoms with Gasteiger partial charge in [-0.25, -0.2) is 4.98 Å². The number of aliphatic carboxylic acids is 1. The van der Waals surface area contributed by atoms with Crippen LogP contribution in [0, 0.1) is 0 Å². The van der Waals surface area contributed by atoms with E-state index in [4.69, 9.17) is 5.11 Å². The van der Waals surface area contributed by atoms with Gasteiger partial charge in [0, 0.05) is 17.3 Å². The second-order valence-electron chi connectivity index (χ2n) is 5.97. The lowest BCUT2D eigenvalue weighted by Gasteiger charge is -2.41. The van der Waals surface area contributed by atoms with E-state index in [2.05, 4.69) is 26.2 Å². The summed E-state index contributed by atoms with van der Waals surface area (Å²) < 4.78 is 2.09. The summed E-state index contributed by atoms with van der Waals surface area (Å²) in [7, 11) is 0. The Morgan fingerprint density at radius 1 is 1.39 bits per heavy atom. The molecule has 3 rings (SSSR count). The van der Waals surface area contributed by atoms with Crippen molar-refractivity contribution >= 4 is 49.4 Å². The van der Waals surface area contributed by atoms with Crippen LogP contribution in [0.15, 0.2) is 22.7 Å². The minimum atomic E-state index is -0.859. The third kappa shape index (κ3) is 3.90. The molecule has 1 aliphatic rings. The van der Waals surface area contributed by atoms with Gasteiger partial charge in [0.1, 0.15) is 0 Å². The van der Waals surface area contributed by atoms with Gasteiger partial charge in [0.05, 0.1) is 27.2 Å². The number of carbonyl (C=O) groups is 2. The first-order chi connectivity index (χ1) is 11.0. The lowest BCUT2D eigenvalue weighted by Crippen LogP contribution is -2.54. The molecule has 0 bridgehead atoms. The van der Waals surface area contributed by atoms with E-state index in [-0.39, 0.29) is 12.3 Å². The number of carboxylic acids is 1. The van der Waals surface area contributed by atoms with Crippen LogP contribution in [0.4, 0.5) is 0 Å². The second-order valence-corrected chi connectivity index (χ2v) is 8.00. The summed E-state index contributed by atoms with van der Waals surface area (Å²) >= 11 is 5.01. The van der Waals surface area contributed by atoms with Crippen LogP contribution in [0.5, 0.6) is 0 Å². The van der Waals surface area contributed by atoms with Crippen LogP contribution < -0.4 is 5.32 Å². The molecule has 0 saturated heterocycles. The zero-order valence-electron chi connectivity index (χ0n) is 12.5. The Morgan fingerprint density at radius 2 is 2.17 bits per heavy atom. The van der Waals surface area contributed by atoms with Gasteiger partial charge in [0.25, 0.3) is 0 Å². The smallest absolute Gasteiger partial charge is 0.305 e. The van der Waals surface area contributed by atoms with Crippen molar-refractivity contribution in [2.24, 2.45) is 0 Å². The van der Waals surface area contributed by atoms with Crippen molar-refractivity contribution < 1.29 is 14.7 Å². The van der Waals surface area contributed by atoms with Crippen molar-refractivity contribution in [2.75, 3.05) is 0 Å². The maximum atomic E-state index is 12.1. The molecule has 0 aliphatic heterocycles. The predicted octanol–water partition coefficient (Wildman–Crippen LogP) is 3.51. The van der Waals surface area contributed by atoms with E-state index in [1.807, 2.05) is 18.2 Å². The largest absolute Gasteiger partial charge is 0.481 e. The third-order valence-electron chi connectivity index (χ3n) is 4.16. The van der Waals surface area contributed by atoms with E-state index >= 15 is 0 Å². The Morgan fingerprint density at radius 3 is 2.83 bits per heavy atom. The minimum absolute atomic E-state index is 0.00784. The summed E-state index contributed by atoms with van der Waals surface area (Å²) in [5, 5.41) is 12.8. The molecule has 1 heterocycles. The first kappa shape index (κ1) is 16.4. The highest BCUT2D eigenvalue weighted by Crippen LogP contribution is 2.35. The zero-order valence-corrected chi connectivity index (χ0v) is 14.9. The molecule has 1 saturated carbocycles. The second kappa shape index (κ2) is 6.57. The Hall–Kier alpha value is -1.47. The Labute approximate surface area is 146 Å². The van der Waals surface area contributed by atoms with E-state index in [1.54, 1.807) is 11.3 Å². The molecule has 0 unspecified atom stereocenters. The van der Waals surface area contributed by atoms with Crippen LogP contribution in [0.3, 0.4) is 0 Å². The van der Waals surface area contributed by atoms with Crippen LogP contribution in [-0.4, -0.2) is 27.5 Å². The number of halogens is 1. The quantitative estimate of drug-likeness (QED) is 0.782. The van der Waals surface area contributed by atoms with Crippen LogP contribution >= 0.6 is 27.3 Å². The van der Waals surface area contributed by atoms with Gasteiger partial charge < -0.3 is 10.4 Å². The minimum Gasteiger partial charge on any atom is -0.481 e. The number of amides is 1. The lowest BCUT2D eigenvalue weighted by atomic mass is 9.74. The molecule has 0 radical (unpaired) electrons. The number of carbonyl (C=O) groups excluding carboxylic acids is 1. The van der Waals surface area contributed by atoms with Gasteiger partial charge >= 0.3 is 5.97 Å². The number of nitrogens with one attached hydrogen (secondary N) is 1. The number of hydrogen-bond donors (Lipinski definition) is 2. The summed E-state index contributed by atoms with van der Waals surface area (Å²) in [6.07, 6.45) is 3.39. The number of aromatic nitrogens is 1. The van der Waals surface area contributed by atoms with Gasteiger partial charge in [0.15, 0.2) is 0 Å². The molecule has 122 valence electrons. The average Bonchev–Trinajstić information content (AvgIpc) is 2.84. The third-order valence-corrected chi connectivity index (χ3v) is 5.75. The van der Waals surface area contributed by atoms with Gasteiger partial charge in [-0.15, -0.1) is 11.3 Å². The number of rotatable bonds is 6. The van der Waals surface area contributed by atoms with Gasteiger partial charge in [-0.2, -0.15) is 0 Å².